The van der Waals surface area contributed by atoms with Crippen molar-refractivity contribution in [1.29, 1.82) is 0 Å². The molecular formula is C22H35N3O4S. The number of cyclic esters (lactones) is 1. The zero-order valence-corrected chi connectivity index (χ0v) is 18.9. The fourth-order valence-corrected chi connectivity index (χ4v) is 3.59. The molecule has 168 valence electrons. The summed E-state index contributed by atoms with van der Waals surface area (Å²) in [5.41, 5.74) is 5.68. The molecular weight excluding hydrogens is 402 g/mol. The van der Waals surface area contributed by atoms with Crippen LogP contribution in [0.5, 0.6) is 0 Å². The number of carbonyl (C=O) groups is 2. The minimum Gasteiger partial charge on any atom is -0.462 e. The van der Waals surface area contributed by atoms with Crippen LogP contribution in [-0.4, -0.2) is 54.2 Å². The molecule has 0 spiro atoms. The number of hydroxylamine groups is 2. The van der Waals surface area contributed by atoms with Gasteiger partial charge in [0.25, 0.3) is 0 Å². The van der Waals surface area contributed by atoms with Gasteiger partial charge in [0.1, 0.15) is 0 Å². The molecule has 0 aliphatic carbocycles. The van der Waals surface area contributed by atoms with Crippen LogP contribution < -0.4 is 11.1 Å². The summed E-state index contributed by atoms with van der Waals surface area (Å²) in [5, 5.41) is 4.43. The van der Waals surface area contributed by atoms with E-state index >= 15 is 0 Å². The van der Waals surface area contributed by atoms with E-state index in [1.165, 1.54) is 5.06 Å². The van der Waals surface area contributed by atoms with E-state index in [-0.39, 0.29) is 30.9 Å². The first-order valence-electron chi connectivity index (χ1n) is 10.7. The Morgan fingerprint density at radius 3 is 2.73 bits per heavy atom. The smallest absolute Gasteiger partial charge is 0.350 e. The van der Waals surface area contributed by atoms with Gasteiger partial charge in [0, 0.05) is 30.7 Å². The largest absolute Gasteiger partial charge is 0.462 e. The number of thiol groups is 1. The van der Waals surface area contributed by atoms with Crippen LogP contribution in [0.25, 0.3) is 0 Å². The quantitative estimate of drug-likeness (QED) is 0.144. The van der Waals surface area contributed by atoms with Crippen LogP contribution >= 0.6 is 12.6 Å². The van der Waals surface area contributed by atoms with Crippen LogP contribution in [0.1, 0.15) is 45.1 Å². The number of benzene rings is 1. The zero-order chi connectivity index (χ0) is 22.0. The number of unbranched alkanes of at least 4 members (excludes halogenated alkanes) is 2. The number of aryl methyl sites for hydroxylation is 1. The molecule has 0 saturated carbocycles. The summed E-state index contributed by atoms with van der Waals surface area (Å²) in [7, 11) is 0. The highest BCUT2D eigenvalue weighted by Crippen LogP contribution is 2.32. The molecule has 1 amide bonds. The van der Waals surface area contributed by atoms with Crippen molar-refractivity contribution < 1.29 is 19.2 Å². The van der Waals surface area contributed by atoms with Gasteiger partial charge in [-0.25, -0.2) is 4.79 Å². The van der Waals surface area contributed by atoms with Crippen molar-refractivity contribution in [3.8, 4) is 0 Å². The Morgan fingerprint density at radius 1 is 1.40 bits per heavy atom. The molecule has 30 heavy (non-hydrogen) atoms. The summed E-state index contributed by atoms with van der Waals surface area (Å²) in [6.07, 6.45) is 3.60. The lowest BCUT2D eigenvalue weighted by molar-refractivity contribution is -0.234. The van der Waals surface area contributed by atoms with Gasteiger partial charge in [-0.05, 0) is 18.4 Å². The standard InChI is InChI=1S/C22H35N3O4S/c1-3-4-8-13-29-25(20(26)12-11-18-9-6-5-7-10-18)22(24-14-19(23)16-30)17(2)15-28-21(22)27/h5-7,9-10,17,19,24,30H,3-4,8,11-16,23H2,1-2H3/t17-,19?,22-/m1/s1. The first-order valence-corrected chi connectivity index (χ1v) is 11.4. The third-order valence-corrected chi connectivity index (χ3v) is 5.81. The maximum absolute atomic E-state index is 13.3. The Hall–Kier alpha value is -1.61. The van der Waals surface area contributed by atoms with Gasteiger partial charge in [-0.1, -0.05) is 57.0 Å². The molecule has 3 N–H and O–H groups in total. The molecule has 0 radical (unpaired) electrons. The maximum atomic E-state index is 13.3. The van der Waals surface area contributed by atoms with Crippen molar-refractivity contribution in [3.63, 3.8) is 0 Å². The lowest BCUT2D eigenvalue weighted by Gasteiger charge is -2.40. The van der Waals surface area contributed by atoms with E-state index in [9.17, 15) is 9.59 Å². The van der Waals surface area contributed by atoms with Crippen molar-refractivity contribution in [3.05, 3.63) is 35.9 Å². The Bertz CT molecular complexity index is 676. The Labute approximate surface area is 185 Å². The molecule has 1 saturated heterocycles. The van der Waals surface area contributed by atoms with Gasteiger partial charge in [-0.2, -0.15) is 17.7 Å². The SMILES string of the molecule is CCCCCON(C(=O)CCc1ccccc1)[C@@]1(NCC(N)CS)C(=O)OC[C@H]1C. The Morgan fingerprint density at radius 2 is 2.13 bits per heavy atom. The molecule has 1 heterocycles. The predicted molar refractivity (Wildman–Crippen MR) is 120 cm³/mol. The number of ether oxygens (including phenoxy) is 1. The number of carbonyl (C=O) groups excluding carboxylic acids is 2. The number of rotatable bonds is 13. The zero-order valence-electron chi connectivity index (χ0n) is 18.0. The van der Waals surface area contributed by atoms with Crippen LogP contribution in [0, 0.1) is 5.92 Å². The van der Waals surface area contributed by atoms with Crippen LogP contribution in [-0.2, 0) is 25.6 Å². The molecule has 0 aromatic heterocycles. The Kier molecular flexibility index (Phi) is 10.1. The predicted octanol–water partition coefficient (Wildman–Crippen LogP) is 2.31. The first kappa shape index (κ1) is 24.7. The highest BCUT2D eigenvalue weighted by Gasteiger charge is 2.57. The minimum absolute atomic E-state index is 0.211. The van der Waals surface area contributed by atoms with E-state index < -0.39 is 11.6 Å². The summed E-state index contributed by atoms with van der Waals surface area (Å²) in [6.45, 7) is 4.84. The van der Waals surface area contributed by atoms with Crippen molar-refractivity contribution in [1.82, 2.24) is 10.4 Å². The summed E-state index contributed by atoms with van der Waals surface area (Å²) in [6, 6.07) is 9.51. The molecule has 1 aliphatic heterocycles. The molecule has 7 nitrogen and oxygen atoms in total. The average Bonchev–Trinajstić information content (AvgIpc) is 3.05. The van der Waals surface area contributed by atoms with Crippen molar-refractivity contribution >= 4 is 24.5 Å². The molecule has 1 aliphatic rings. The molecule has 1 aromatic rings. The topological polar surface area (TPSA) is 93.9 Å². The molecule has 0 bridgehead atoms. The van der Waals surface area contributed by atoms with Gasteiger partial charge < -0.3 is 10.5 Å². The summed E-state index contributed by atoms with van der Waals surface area (Å²) in [5.74, 6) is -0.604. The van der Waals surface area contributed by atoms with Gasteiger partial charge in [0.2, 0.25) is 11.6 Å². The first-order chi connectivity index (χ1) is 14.5. The van der Waals surface area contributed by atoms with Crippen molar-refractivity contribution in [2.45, 2.75) is 57.7 Å². The van der Waals surface area contributed by atoms with Gasteiger partial charge in [-0.15, -0.1) is 0 Å². The summed E-state index contributed by atoms with van der Waals surface area (Å²) in [4.78, 5) is 32.1. The summed E-state index contributed by atoms with van der Waals surface area (Å²) < 4.78 is 5.33. The third kappa shape index (κ3) is 6.20. The van der Waals surface area contributed by atoms with Gasteiger partial charge in [-0.3, -0.25) is 14.9 Å². The van der Waals surface area contributed by atoms with E-state index in [2.05, 4.69) is 24.9 Å². The fraction of sp³-hybridized carbons (Fsp3) is 0.636. The van der Waals surface area contributed by atoms with E-state index in [4.69, 9.17) is 15.3 Å². The fourth-order valence-electron chi connectivity index (χ4n) is 3.46. The summed E-state index contributed by atoms with van der Waals surface area (Å²) >= 11 is 4.22. The molecule has 1 fully saturated rings. The van der Waals surface area contributed by atoms with Crippen molar-refractivity contribution in [2.24, 2.45) is 11.7 Å². The number of hydrogen-bond acceptors (Lipinski definition) is 7. The van der Waals surface area contributed by atoms with Crippen LogP contribution in [0.15, 0.2) is 30.3 Å². The molecule has 1 aromatic carbocycles. The highest BCUT2D eigenvalue weighted by atomic mass is 32.1. The number of esters is 1. The maximum Gasteiger partial charge on any atom is 0.350 e. The normalized spacial score (nSPS) is 22.0. The second-order valence-corrected chi connectivity index (χ2v) is 8.17. The monoisotopic (exact) mass is 437 g/mol. The second-order valence-electron chi connectivity index (χ2n) is 7.80. The Balaban J connectivity index is 2.23. The van der Waals surface area contributed by atoms with E-state index in [0.29, 0.717) is 25.3 Å². The van der Waals surface area contributed by atoms with Gasteiger partial charge in [0.15, 0.2) is 0 Å². The van der Waals surface area contributed by atoms with E-state index in [0.717, 1.165) is 24.8 Å². The number of amides is 1. The van der Waals surface area contributed by atoms with Crippen LogP contribution in [0.4, 0.5) is 0 Å². The van der Waals surface area contributed by atoms with Crippen LogP contribution in [0.2, 0.25) is 0 Å². The van der Waals surface area contributed by atoms with E-state index in [1.54, 1.807) is 0 Å². The molecule has 3 atom stereocenters. The molecule has 1 unspecified atom stereocenters. The van der Waals surface area contributed by atoms with E-state index in [1.807, 2.05) is 37.3 Å². The second kappa shape index (κ2) is 12.3. The molecule has 2 rings (SSSR count). The van der Waals surface area contributed by atoms with Crippen LogP contribution in [0.3, 0.4) is 0 Å². The molecule has 8 heteroatoms. The minimum atomic E-state index is -1.39. The average molecular weight is 438 g/mol. The number of hydrogen-bond donors (Lipinski definition) is 3. The van der Waals surface area contributed by atoms with Gasteiger partial charge >= 0.3 is 5.97 Å². The number of nitrogens with zero attached hydrogens (tertiary/aromatic N) is 1. The lowest BCUT2D eigenvalue weighted by Crippen LogP contribution is -2.68. The van der Waals surface area contributed by atoms with Gasteiger partial charge in [0.05, 0.1) is 13.2 Å². The number of nitrogens with two attached hydrogens (primary N) is 1. The lowest BCUT2D eigenvalue weighted by atomic mass is 9.95. The highest BCUT2D eigenvalue weighted by molar-refractivity contribution is 7.80. The third-order valence-electron chi connectivity index (χ3n) is 5.34. The van der Waals surface area contributed by atoms with Crippen molar-refractivity contribution in [2.75, 3.05) is 25.5 Å². The number of nitrogens with one attached hydrogen (secondary N) is 1.